The second-order valence-corrected chi connectivity index (χ2v) is 3.70. The minimum absolute atomic E-state index is 0. The fraction of sp³-hybridized carbons (Fsp3) is 0.143. The van der Waals surface area contributed by atoms with E-state index in [9.17, 15) is 0 Å². The highest BCUT2D eigenvalue weighted by Crippen LogP contribution is 2.35. The zero-order valence-corrected chi connectivity index (χ0v) is 9.37. The summed E-state index contributed by atoms with van der Waals surface area (Å²) in [6.45, 7) is 0. The molecule has 2 nitrogen and oxygen atoms in total. The fourth-order valence-corrected chi connectivity index (χ4v) is 2.08. The molecule has 1 aliphatic rings. The summed E-state index contributed by atoms with van der Waals surface area (Å²) in [5.41, 5.74) is 5.75. The van der Waals surface area contributed by atoms with Crippen molar-refractivity contribution < 1.29 is 8.42 Å². The lowest BCUT2D eigenvalue weighted by Gasteiger charge is -1.98. The van der Waals surface area contributed by atoms with Crippen LogP contribution in [-0.2, 0) is 18.0 Å². The predicted octanol–water partition coefficient (Wildman–Crippen LogP) is 3.22. The molecular formula is C14H14O2S. The van der Waals surface area contributed by atoms with E-state index in [1.165, 1.54) is 22.3 Å². The summed E-state index contributed by atoms with van der Waals surface area (Å²) in [5.74, 6) is 0. The molecule has 2 aromatic carbocycles. The zero-order chi connectivity index (χ0) is 11.4. The molecule has 0 heterocycles. The van der Waals surface area contributed by atoms with Crippen LogP contribution in [0.25, 0.3) is 11.1 Å². The highest BCUT2D eigenvalue weighted by atomic mass is 32.1. The largest absolute Gasteiger partial charge is 0.335 e. The Morgan fingerprint density at radius 1 is 0.765 bits per heavy atom. The third-order valence-corrected chi connectivity index (χ3v) is 2.71. The molecule has 0 aliphatic heterocycles. The highest BCUT2D eigenvalue weighted by Gasteiger charge is 2.15. The van der Waals surface area contributed by atoms with Crippen LogP contribution in [0.15, 0.2) is 48.5 Å². The van der Waals surface area contributed by atoms with Crippen molar-refractivity contribution in [2.75, 3.05) is 0 Å². The molecule has 0 saturated heterocycles. The molecule has 0 amide bonds. The van der Waals surface area contributed by atoms with Gasteiger partial charge in [-0.05, 0) is 28.7 Å². The van der Waals surface area contributed by atoms with Crippen LogP contribution in [0.1, 0.15) is 18.6 Å². The lowest BCUT2D eigenvalue weighted by molar-refractivity contribution is 0.630. The number of benzene rings is 2. The monoisotopic (exact) mass is 246 g/mol. The number of hydrogen-bond donors (Lipinski definition) is 0. The van der Waals surface area contributed by atoms with Gasteiger partial charge in [-0.15, -0.1) is 0 Å². The molecule has 0 saturated carbocycles. The van der Waals surface area contributed by atoms with Crippen LogP contribution in [0.4, 0.5) is 0 Å². The van der Waals surface area contributed by atoms with Crippen LogP contribution in [0.3, 0.4) is 0 Å². The van der Waals surface area contributed by atoms with Crippen molar-refractivity contribution in [3.05, 3.63) is 59.7 Å². The third kappa shape index (κ3) is 2.68. The average molecular weight is 246 g/mol. The van der Waals surface area contributed by atoms with Gasteiger partial charge in [-0.25, -0.2) is 0 Å². The minimum Gasteiger partial charge on any atom is -0.168 e. The fourth-order valence-electron chi connectivity index (χ4n) is 2.08. The van der Waals surface area contributed by atoms with Crippen LogP contribution in [0.5, 0.6) is 0 Å². The first-order valence-electron chi connectivity index (χ1n) is 4.95. The van der Waals surface area contributed by atoms with Crippen molar-refractivity contribution in [2.45, 2.75) is 13.8 Å². The maximum Gasteiger partial charge on any atom is 0.335 e. The van der Waals surface area contributed by atoms with Gasteiger partial charge in [0.1, 0.15) is 0 Å². The zero-order valence-electron chi connectivity index (χ0n) is 8.55. The average Bonchev–Trinajstić information content (AvgIpc) is 2.68. The van der Waals surface area contributed by atoms with E-state index in [0.29, 0.717) is 0 Å². The molecule has 17 heavy (non-hydrogen) atoms. The summed E-state index contributed by atoms with van der Waals surface area (Å²) < 4.78 is 16.6. The SMILES string of the molecule is C.O=S=O.c1ccc2c(c1)Cc1ccccc1-2. The molecule has 3 rings (SSSR count). The molecule has 0 fully saturated rings. The van der Waals surface area contributed by atoms with Crippen molar-refractivity contribution in [1.29, 1.82) is 0 Å². The van der Waals surface area contributed by atoms with Gasteiger partial charge in [0, 0.05) is 0 Å². The summed E-state index contributed by atoms with van der Waals surface area (Å²) in [4.78, 5) is 0. The molecule has 3 heteroatoms. The molecule has 1 aliphatic carbocycles. The van der Waals surface area contributed by atoms with Crippen LogP contribution < -0.4 is 0 Å². The van der Waals surface area contributed by atoms with Crippen LogP contribution in [-0.4, -0.2) is 8.42 Å². The maximum absolute atomic E-state index is 8.29. The van der Waals surface area contributed by atoms with Crippen molar-refractivity contribution in [2.24, 2.45) is 0 Å². The van der Waals surface area contributed by atoms with Crippen molar-refractivity contribution in [3.8, 4) is 11.1 Å². The molecule has 0 atom stereocenters. The Labute approximate surface area is 105 Å². The molecule has 88 valence electrons. The Balaban J connectivity index is 0.000000331. The van der Waals surface area contributed by atoms with Gasteiger partial charge in [-0.2, -0.15) is 8.42 Å². The topological polar surface area (TPSA) is 34.1 Å². The van der Waals surface area contributed by atoms with Crippen LogP contribution in [0.2, 0.25) is 0 Å². The van der Waals surface area contributed by atoms with E-state index in [1.54, 1.807) is 0 Å². The Hall–Kier alpha value is -1.74. The summed E-state index contributed by atoms with van der Waals surface area (Å²) in [7, 11) is 0. The Morgan fingerprint density at radius 2 is 1.12 bits per heavy atom. The summed E-state index contributed by atoms with van der Waals surface area (Å²) in [6, 6.07) is 17.3. The predicted molar refractivity (Wildman–Crippen MR) is 70.3 cm³/mol. The van der Waals surface area contributed by atoms with Crippen molar-refractivity contribution in [1.82, 2.24) is 0 Å². The summed E-state index contributed by atoms with van der Waals surface area (Å²) in [5, 5.41) is 0. The van der Waals surface area contributed by atoms with Gasteiger partial charge in [-0.3, -0.25) is 0 Å². The first kappa shape index (κ1) is 13.3. The van der Waals surface area contributed by atoms with Gasteiger partial charge in [0.25, 0.3) is 0 Å². The van der Waals surface area contributed by atoms with E-state index in [4.69, 9.17) is 8.42 Å². The molecule has 0 spiro atoms. The van der Waals surface area contributed by atoms with E-state index in [1.807, 2.05) is 0 Å². The van der Waals surface area contributed by atoms with Crippen molar-refractivity contribution >= 4 is 11.6 Å². The smallest absolute Gasteiger partial charge is 0.168 e. The van der Waals surface area contributed by atoms with Gasteiger partial charge in [-0.1, -0.05) is 56.0 Å². The second kappa shape index (κ2) is 6.11. The van der Waals surface area contributed by atoms with E-state index in [2.05, 4.69) is 48.5 Å². The van der Waals surface area contributed by atoms with Gasteiger partial charge >= 0.3 is 11.6 Å². The van der Waals surface area contributed by atoms with Crippen LogP contribution in [0, 0.1) is 0 Å². The van der Waals surface area contributed by atoms with E-state index in [-0.39, 0.29) is 7.43 Å². The minimum atomic E-state index is -0.750. The van der Waals surface area contributed by atoms with E-state index >= 15 is 0 Å². The molecular weight excluding hydrogens is 232 g/mol. The highest BCUT2D eigenvalue weighted by molar-refractivity contribution is 7.51. The number of hydrogen-bond acceptors (Lipinski definition) is 2. The molecule has 0 radical (unpaired) electrons. The van der Waals surface area contributed by atoms with Gasteiger partial charge < -0.3 is 0 Å². The first-order valence-corrected chi connectivity index (χ1v) is 5.61. The third-order valence-electron chi connectivity index (χ3n) is 2.71. The lowest BCUT2D eigenvalue weighted by atomic mass is 10.1. The Bertz CT molecular complexity index is 500. The number of rotatable bonds is 0. The van der Waals surface area contributed by atoms with Gasteiger partial charge in [0.05, 0.1) is 0 Å². The summed E-state index contributed by atoms with van der Waals surface area (Å²) >= 11 is -0.750. The van der Waals surface area contributed by atoms with Crippen LogP contribution >= 0.6 is 0 Å². The molecule has 0 aromatic heterocycles. The lowest BCUT2D eigenvalue weighted by Crippen LogP contribution is -1.77. The second-order valence-electron chi connectivity index (χ2n) is 3.56. The standard InChI is InChI=1S/C13H10.CH4.O2S/c1-3-7-12-10(5-1)9-11-6-2-4-8-13(11)12;;1-3-2/h1-8H,9H2;1H4;. The Kier molecular flexibility index (Phi) is 4.79. The molecule has 0 N–H and O–H groups in total. The maximum atomic E-state index is 8.29. The number of fused-ring (bicyclic) bond motifs is 3. The Morgan fingerprint density at radius 3 is 1.53 bits per heavy atom. The van der Waals surface area contributed by atoms with E-state index in [0.717, 1.165) is 6.42 Å². The van der Waals surface area contributed by atoms with E-state index < -0.39 is 11.6 Å². The molecule has 0 unspecified atom stereocenters. The van der Waals surface area contributed by atoms with Gasteiger partial charge in [0.2, 0.25) is 0 Å². The normalized spacial score (nSPS) is 10.1. The van der Waals surface area contributed by atoms with Gasteiger partial charge in [0.15, 0.2) is 0 Å². The summed E-state index contributed by atoms with van der Waals surface area (Å²) in [6.07, 6.45) is 1.10. The molecule has 2 aromatic rings. The quantitative estimate of drug-likeness (QED) is 0.610. The molecule has 0 bridgehead atoms. The van der Waals surface area contributed by atoms with Crippen molar-refractivity contribution in [3.63, 3.8) is 0 Å². The first-order chi connectivity index (χ1) is 7.86.